The third-order valence-corrected chi connectivity index (χ3v) is 6.81. The summed E-state index contributed by atoms with van der Waals surface area (Å²) in [5, 5.41) is 4.81. The van der Waals surface area contributed by atoms with Gasteiger partial charge < -0.3 is 15.2 Å². The molecule has 0 radical (unpaired) electrons. The molecule has 6 rings (SSSR count). The van der Waals surface area contributed by atoms with Crippen LogP contribution in [0.4, 0.5) is 0 Å². The minimum atomic E-state index is 0.0570. The van der Waals surface area contributed by atoms with Gasteiger partial charge in [-0.25, -0.2) is 4.98 Å². The molecule has 4 aromatic rings. The third kappa shape index (κ3) is 3.19. The van der Waals surface area contributed by atoms with Gasteiger partial charge in [0.05, 0.1) is 0 Å². The smallest absolute Gasteiger partial charge is 0.254 e. The van der Waals surface area contributed by atoms with Crippen LogP contribution < -0.4 is 5.32 Å². The molecule has 160 valence electrons. The van der Waals surface area contributed by atoms with Crippen molar-refractivity contribution in [3.05, 3.63) is 82.9 Å². The Bertz CT molecular complexity index is 1320. The summed E-state index contributed by atoms with van der Waals surface area (Å²) in [6, 6.07) is 10.7. The minimum absolute atomic E-state index is 0.0570. The number of hydrogen-bond acceptors (Lipinski definition) is 4. The van der Waals surface area contributed by atoms with E-state index >= 15 is 0 Å². The van der Waals surface area contributed by atoms with Crippen molar-refractivity contribution in [1.29, 1.82) is 0 Å². The minimum Gasteiger partial charge on any atom is -0.346 e. The number of aryl methyl sites for hydroxylation is 1. The van der Waals surface area contributed by atoms with Crippen LogP contribution in [0.5, 0.6) is 0 Å². The molecule has 0 aliphatic carbocycles. The first-order valence-electron chi connectivity index (χ1n) is 11.2. The summed E-state index contributed by atoms with van der Waals surface area (Å²) in [6.07, 6.45) is 9.60. The average Bonchev–Trinajstić information content (AvgIpc) is 3.58. The van der Waals surface area contributed by atoms with Crippen LogP contribution in [0, 0.1) is 6.92 Å². The Morgan fingerprint density at radius 3 is 2.81 bits per heavy atom. The molecule has 1 atom stereocenters. The summed E-state index contributed by atoms with van der Waals surface area (Å²) in [4.78, 5) is 27.0. The first-order valence-corrected chi connectivity index (χ1v) is 11.2. The Labute approximate surface area is 186 Å². The number of fused-ring (bicyclic) bond motifs is 2. The van der Waals surface area contributed by atoms with E-state index in [0.717, 1.165) is 29.6 Å². The molecule has 2 N–H and O–H groups in total. The van der Waals surface area contributed by atoms with Crippen molar-refractivity contribution in [2.45, 2.75) is 38.9 Å². The van der Waals surface area contributed by atoms with Crippen molar-refractivity contribution in [3.63, 3.8) is 0 Å². The molecule has 5 heterocycles. The molecule has 1 fully saturated rings. The highest BCUT2D eigenvalue weighted by molar-refractivity contribution is 5.94. The van der Waals surface area contributed by atoms with Crippen LogP contribution in [-0.4, -0.2) is 32.3 Å². The number of aromatic nitrogens is 3. The molecule has 6 nitrogen and oxygen atoms in total. The molecule has 32 heavy (non-hydrogen) atoms. The number of H-pyrrole nitrogens is 1. The zero-order valence-corrected chi connectivity index (χ0v) is 18.1. The van der Waals surface area contributed by atoms with Crippen LogP contribution in [0.2, 0.25) is 0 Å². The second-order valence-corrected chi connectivity index (χ2v) is 8.84. The van der Waals surface area contributed by atoms with Gasteiger partial charge in [-0.05, 0) is 84.5 Å². The van der Waals surface area contributed by atoms with Gasteiger partial charge in [0.15, 0.2) is 0 Å². The Kier molecular flexibility index (Phi) is 4.54. The predicted octanol–water partition coefficient (Wildman–Crippen LogP) is 4.51. The van der Waals surface area contributed by atoms with Gasteiger partial charge in [-0.1, -0.05) is 0 Å². The van der Waals surface area contributed by atoms with Gasteiger partial charge in [-0.3, -0.25) is 9.78 Å². The summed E-state index contributed by atoms with van der Waals surface area (Å²) < 4.78 is 0. The fraction of sp³-hybridized carbons (Fsp3) is 0.269. The van der Waals surface area contributed by atoms with Crippen LogP contribution in [0.25, 0.3) is 22.2 Å². The number of amides is 1. The van der Waals surface area contributed by atoms with Crippen LogP contribution in [-0.2, 0) is 13.1 Å². The maximum absolute atomic E-state index is 13.1. The molecule has 6 heteroatoms. The van der Waals surface area contributed by atoms with Crippen molar-refractivity contribution >= 4 is 16.9 Å². The topological polar surface area (TPSA) is 73.9 Å². The van der Waals surface area contributed by atoms with E-state index in [2.05, 4.69) is 45.4 Å². The Morgan fingerprint density at radius 2 is 2.00 bits per heavy atom. The second kappa shape index (κ2) is 7.57. The number of nitrogens with one attached hydrogen (secondary N) is 2. The molecule has 1 aromatic carbocycles. The number of carbonyl (C=O) groups is 1. The maximum Gasteiger partial charge on any atom is 0.254 e. The van der Waals surface area contributed by atoms with Crippen molar-refractivity contribution in [1.82, 2.24) is 25.2 Å². The number of nitrogens with zero attached hydrogens (tertiary/aromatic N) is 3. The molecule has 0 bridgehead atoms. The van der Waals surface area contributed by atoms with E-state index in [1.165, 1.54) is 34.2 Å². The summed E-state index contributed by atoms with van der Waals surface area (Å²) >= 11 is 0. The molecular formula is C26H25N5O. The lowest BCUT2D eigenvalue weighted by atomic mass is 9.91. The van der Waals surface area contributed by atoms with Gasteiger partial charge in [0, 0.05) is 60.4 Å². The zero-order valence-electron chi connectivity index (χ0n) is 18.1. The number of carbonyl (C=O) groups excluding carboxylic acids is 1. The van der Waals surface area contributed by atoms with E-state index in [4.69, 9.17) is 0 Å². The van der Waals surface area contributed by atoms with E-state index in [0.29, 0.717) is 24.7 Å². The lowest BCUT2D eigenvalue weighted by Crippen LogP contribution is -2.25. The average molecular weight is 424 g/mol. The standard InChI is InChI=1S/C26H25N5O/c1-16-12-29-25-21(16)11-19(13-30-25)18-9-20-14-31(26(32)17-4-7-27-8-5-17)15-23(20)22(10-18)24-3-2-6-28-24/h4-5,7-13,24,28H,2-3,6,14-15H2,1H3,(H,29,30)/t24-/m0/s1. The van der Waals surface area contributed by atoms with Gasteiger partial charge in [-0.2, -0.15) is 0 Å². The number of hydrogen-bond donors (Lipinski definition) is 2. The van der Waals surface area contributed by atoms with Gasteiger partial charge in [0.1, 0.15) is 5.65 Å². The highest BCUT2D eigenvalue weighted by Gasteiger charge is 2.30. The molecule has 1 amide bonds. The number of aromatic amines is 1. The van der Waals surface area contributed by atoms with E-state index in [9.17, 15) is 4.79 Å². The molecular weight excluding hydrogens is 398 g/mol. The Hall–Kier alpha value is -3.51. The van der Waals surface area contributed by atoms with Crippen molar-refractivity contribution in [2.75, 3.05) is 6.54 Å². The van der Waals surface area contributed by atoms with Gasteiger partial charge in [0.2, 0.25) is 0 Å². The highest BCUT2D eigenvalue weighted by atomic mass is 16.2. The molecule has 2 aliphatic rings. The summed E-state index contributed by atoms with van der Waals surface area (Å²) in [6.45, 7) is 4.42. The first-order chi connectivity index (χ1) is 15.7. The highest BCUT2D eigenvalue weighted by Crippen LogP contribution is 2.38. The van der Waals surface area contributed by atoms with Gasteiger partial charge in [0.25, 0.3) is 5.91 Å². The summed E-state index contributed by atoms with van der Waals surface area (Å²) in [5.74, 6) is 0.0570. The quantitative estimate of drug-likeness (QED) is 0.508. The maximum atomic E-state index is 13.1. The van der Waals surface area contributed by atoms with Crippen LogP contribution >= 0.6 is 0 Å². The van der Waals surface area contributed by atoms with E-state index in [-0.39, 0.29) is 5.91 Å². The van der Waals surface area contributed by atoms with Crippen LogP contribution in [0.1, 0.15) is 51.5 Å². The van der Waals surface area contributed by atoms with E-state index in [1.54, 1.807) is 24.5 Å². The summed E-state index contributed by atoms with van der Waals surface area (Å²) in [7, 11) is 0. The first kappa shape index (κ1) is 19.2. The lowest BCUT2D eigenvalue weighted by Gasteiger charge is -2.18. The number of rotatable bonds is 3. The molecule has 0 unspecified atom stereocenters. The van der Waals surface area contributed by atoms with Crippen molar-refractivity contribution < 1.29 is 4.79 Å². The van der Waals surface area contributed by atoms with E-state index < -0.39 is 0 Å². The van der Waals surface area contributed by atoms with Crippen LogP contribution in [0.3, 0.4) is 0 Å². The molecule has 3 aromatic heterocycles. The van der Waals surface area contributed by atoms with Crippen molar-refractivity contribution in [2.24, 2.45) is 0 Å². The van der Waals surface area contributed by atoms with Gasteiger partial charge in [-0.15, -0.1) is 0 Å². The fourth-order valence-electron chi connectivity index (χ4n) is 5.08. The summed E-state index contributed by atoms with van der Waals surface area (Å²) in [5.41, 5.74) is 8.93. The molecule has 2 aliphatic heterocycles. The van der Waals surface area contributed by atoms with Crippen molar-refractivity contribution in [3.8, 4) is 11.1 Å². The largest absolute Gasteiger partial charge is 0.346 e. The van der Waals surface area contributed by atoms with Gasteiger partial charge >= 0.3 is 0 Å². The normalized spacial score (nSPS) is 17.8. The second-order valence-electron chi connectivity index (χ2n) is 8.84. The predicted molar refractivity (Wildman–Crippen MR) is 124 cm³/mol. The Balaban J connectivity index is 1.42. The zero-order chi connectivity index (χ0) is 21.7. The monoisotopic (exact) mass is 423 g/mol. The SMILES string of the molecule is Cc1c[nH]c2ncc(-c3cc4c(c([C@@H]5CCCN5)c3)CN(C(=O)c3ccncc3)C4)cc12. The molecule has 0 saturated carbocycles. The Morgan fingerprint density at radius 1 is 1.12 bits per heavy atom. The number of benzene rings is 1. The van der Waals surface area contributed by atoms with Crippen LogP contribution in [0.15, 0.2) is 55.1 Å². The number of pyridine rings is 2. The lowest BCUT2D eigenvalue weighted by molar-refractivity contribution is 0.0751. The fourth-order valence-corrected chi connectivity index (χ4v) is 5.08. The third-order valence-electron chi connectivity index (χ3n) is 6.81. The van der Waals surface area contributed by atoms with E-state index in [1.807, 2.05) is 17.3 Å². The molecule has 1 saturated heterocycles. The molecule has 0 spiro atoms.